The summed E-state index contributed by atoms with van der Waals surface area (Å²) in [5.41, 5.74) is 0.600. The van der Waals surface area contributed by atoms with Gasteiger partial charge < -0.3 is 24.3 Å². The van der Waals surface area contributed by atoms with E-state index in [1.807, 2.05) is 18.2 Å². The van der Waals surface area contributed by atoms with Crippen LogP contribution in [0.1, 0.15) is 33.3 Å². The second-order valence-electron chi connectivity index (χ2n) is 8.14. The molecule has 2 aliphatic rings. The summed E-state index contributed by atoms with van der Waals surface area (Å²) in [5, 5.41) is 3.36. The van der Waals surface area contributed by atoms with Crippen LogP contribution in [0.2, 0.25) is 0 Å². The molecule has 0 amide bonds. The summed E-state index contributed by atoms with van der Waals surface area (Å²) in [6.07, 6.45) is 4.79. The highest BCUT2D eigenvalue weighted by atomic mass is 16.7. The quantitative estimate of drug-likeness (QED) is 0.585. The molecule has 0 aromatic carbocycles. The Kier molecular flexibility index (Phi) is 6.58. The van der Waals surface area contributed by atoms with Crippen molar-refractivity contribution in [2.24, 2.45) is 0 Å². The highest BCUT2D eigenvalue weighted by molar-refractivity contribution is 6.51. The SMILES string of the molecule is CC1(C)OB(/C=C/COCCc2ccc(N3CCNCC3)nc2)OC1(C)C. The monoisotopic (exact) mass is 373 g/mol. The van der Waals surface area contributed by atoms with Gasteiger partial charge in [-0.25, -0.2) is 4.98 Å². The number of nitrogens with zero attached hydrogens (tertiary/aromatic N) is 2. The molecule has 3 rings (SSSR count). The molecular weight excluding hydrogens is 341 g/mol. The van der Waals surface area contributed by atoms with Crippen molar-refractivity contribution in [1.29, 1.82) is 0 Å². The van der Waals surface area contributed by atoms with E-state index in [9.17, 15) is 0 Å². The standard InChI is InChI=1S/C20H32BN3O3/c1-19(2)20(3,4)27-21(26-19)9-5-14-25-15-8-17-6-7-18(23-16-17)24-12-10-22-11-13-24/h5-7,9,16,22H,8,10-15H2,1-4H3/b9-5+. The maximum atomic E-state index is 5.92. The Morgan fingerprint density at radius 3 is 2.52 bits per heavy atom. The Balaban J connectivity index is 1.34. The third-order valence-corrected chi connectivity index (χ3v) is 5.56. The molecule has 148 valence electrons. The van der Waals surface area contributed by atoms with E-state index in [1.54, 1.807) is 0 Å². The molecule has 0 bridgehead atoms. The normalized spacial score (nSPS) is 21.9. The van der Waals surface area contributed by atoms with E-state index in [-0.39, 0.29) is 18.3 Å². The molecule has 0 aliphatic carbocycles. The molecule has 27 heavy (non-hydrogen) atoms. The van der Waals surface area contributed by atoms with Gasteiger partial charge in [-0.15, -0.1) is 0 Å². The lowest BCUT2D eigenvalue weighted by molar-refractivity contribution is 0.00578. The van der Waals surface area contributed by atoms with Gasteiger partial charge in [0.1, 0.15) is 5.82 Å². The molecule has 2 aliphatic heterocycles. The zero-order chi connectivity index (χ0) is 19.3. The number of ether oxygens (including phenoxy) is 1. The topological polar surface area (TPSA) is 55.9 Å². The lowest BCUT2D eigenvalue weighted by Crippen LogP contribution is -2.43. The third-order valence-electron chi connectivity index (χ3n) is 5.56. The van der Waals surface area contributed by atoms with Gasteiger partial charge in [0.2, 0.25) is 0 Å². The number of hydrogen-bond donors (Lipinski definition) is 1. The van der Waals surface area contributed by atoms with Crippen LogP contribution in [0.25, 0.3) is 0 Å². The molecular formula is C20H32BN3O3. The van der Waals surface area contributed by atoms with E-state index < -0.39 is 0 Å². The summed E-state index contributed by atoms with van der Waals surface area (Å²) in [6, 6.07) is 4.26. The van der Waals surface area contributed by atoms with Gasteiger partial charge in [0.05, 0.1) is 24.4 Å². The predicted molar refractivity (Wildman–Crippen MR) is 109 cm³/mol. The van der Waals surface area contributed by atoms with Gasteiger partial charge >= 0.3 is 7.12 Å². The van der Waals surface area contributed by atoms with Crippen molar-refractivity contribution >= 4 is 12.9 Å². The number of nitrogens with one attached hydrogen (secondary N) is 1. The second-order valence-corrected chi connectivity index (χ2v) is 8.14. The largest absolute Gasteiger partial charge is 0.486 e. The third kappa shape index (κ3) is 5.32. The average molecular weight is 373 g/mol. The van der Waals surface area contributed by atoms with Crippen molar-refractivity contribution in [2.45, 2.75) is 45.3 Å². The second kappa shape index (κ2) is 8.73. The Bertz CT molecular complexity index is 612. The van der Waals surface area contributed by atoms with Crippen molar-refractivity contribution in [3.8, 4) is 0 Å². The Hall–Kier alpha value is -1.41. The van der Waals surface area contributed by atoms with Crippen molar-refractivity contribution in [3.05, 3.63) is 35.9 Å². The van der Waals surface area contributed by atoms with Crippen LogP contribution in [-0.4, -0.2) is 62.7 Å². The lowest BCUT2D eigenvalue weighted by atomic mass is 9.90. The van der Waals surface area contributed by atoms with Crippen LogP contribution in [-0.2, 0) is 20.5 Å². The Morgan fingerprint density at radius 1 is 1.19 bits per heavy atom. The molecule has 2 fully saturated rings. The lowest BCUT2D eigenvalue weighted by Gasteiger charge is -2.32. The van der Waals surface area contributed by atoms with E-state index in [0.717, 1.165) is 38.4 Å². The highest BCUT2D eigenvalue weighted by Crippen LogP contribution is 2.36. The average Bonchev–Trinajstić information content (AvgIpc) is 2.86. The minimum absolute atomic E-state index is 0.299. The maximum absolute atomic E-state index is 5.92. The molecule has 0 saturated carbocycles. The molecule has 2 saturated heterocycles. The fourth-order valence-corrected chi connectivity index (χ4v) is 3.12. The van der Waals surface area contributed by atoms with Crippen LogP contribution in [0.3, 0.4) is 0 Å². The Labute approximate surface area is 163 Å². The number of aromatic nitrogens is 1. The summed E-state index contributed by atoms with van der Waals surface area (Å²) >= 11 is 0. The number of hydrogen-bond acceptors (Lipinski definition) is 6. The summed E-state index contributed by atoms with van der Waals surface area (Å²) in [4.78, 5) is 6.91. The molecule has 0 unspecified atom stereocenters. The van der Waals surface area contributed by atoms with Gasteiger partial charge in [0, 0.05) is 32.4 Å². The number of anilines is 1. The van der Waals surface area contributed by atoms with Crippen LogP contribution in [0, 0.1) is 0 Å². The van der Waals surface area contributed by atoms with Gasteiger partial charge in [-0.05, 0) is 45.7 Å². The van der Waals surface area contributed by atoms with Crippen LogP contribution in [0.4, 0.5) is 5.82 Å². The van der Waals surface area contributed by atoms with E-state index in [2.05, 4.69) is 55.0 Å². The molecule has 1 N–H and O–H groups in total. The summed E-state index contributed by atoms with van der Waals surface area (Å²) < 4.78 is 17.5. The molecule has 0 radical (unpaired) electrons. The van der Waals surface area contributed by atoms with Crippen molar-refractivity contribution < 1.29 is 14.0 Å². The fourth-order valence-electron chi connectivity index (χ4n) is 3.12. The summed E-state index contributed by atoms with van der Waals surface area (Å²) in [7, 11) is -0.305. The van der Waals surface area contributed by atoms with E-state index in [4.69, 9.17) is 14.0 Å². The zero-order valence-electron chi connectivity index (χ0n) is 17.0. The van der Waals surface area contributed by atoms with Gasteiger partial charge in [-0.1, -0.05) is 18.1 Å². The number of rotatable bonds is 7. The predicted octanol–water partition coefficient (Wildman–Crippen LogP) is 2.24. The smallest absolute Gasteiger partial charge is 0.400 e. The number of pyridine rings is 1. The molecule has 1 aromatic rings. The summed E-state index contributed by atoms with van der Waals surface area (Å²) in [6.45, 7) is 13.5. The fraction of sp³-hybridized carbons (Fsp3) is 0.650. The first-order valence-electron chi connectivity index (χ1n) is 9.88. The Morgan fingerprint density at radius 2 is 1.89 bits per heavy atom. The highest BCUT2D eigenvalue weighted by Gasteiger charge is 2.49. The van der Waals surface area contributed by atoms with E-state index in [0.29, 0.717) is 13.2 Å². The van der Waals surface area contributed by atoms with Gasteiger partial charge in [0.25, 0.3) is 0 Å². The van der Waals surface area contributed by atoms with Gasteiger partial charge in [-0.2, -0.15) is 0 Å². The first-order valence-corrected chi connectivity index (χ1v) is 9.88. The number of piperazine rings is 1. The minimum Gasteiger partial charge on any atom is -0.400 e. The van der Waals surface area contributed by atoms with Gasteiger partial charge in [0.15, 0.2) is 0 Å². The summed E-state index contributed by atoms with van der Waals surface area (Å²) in [5.74, 6) is 2.99. The van der Waals surface area contributed by atoms with Crippen LogP contribution in [0.15, 0.2) is 30.4 Å². The van der Waals surface area contributed by atoms with Crippen molar-refractivity contribution in [1.82, 2.24) is 10.3 Å². The zero-order valence-corrected chi connectivity index (χ0v) is 17.0. The molecule has 0 atom stereocenters. The van der Waals surface area contributed by atoms with E-state index in [1.165, 1.54) is 5.56 Å². The first-order chi connectivity index (χ1) is 12.9. The molecule has 6 nitrogen and oxygen atoms in total. The molecule has 0 spiro atoms. The van der Waals surface area contributed by atoms with Crippen molar-refractivity contribution in [2.75, 3.05) is 44.3 Å². The van der Waals surface area contributed by atoms with Crippen LogP contribution in [0.5, 0.6) is 0 Å². The van der Waals surface area contributed by atoms with Crippen LogP contribution < -0.4 is 10.2 Å². The van der Waals surface area contributed by atoms with Crippen molar-refractivity contribution in [3.63, 3.8) is 0 Å². The molecule has 1 aromatic heterocycles. The first kappa shape index (κ1) is 20.3. The molecule has 3 heterocycles. The van der Waals surface area contributed by atoms with Gasteiger partial charge in [-0.3, -0.25) is 0 Å². The van der Waals surface area contributed by atoms with Crippen LogP contribution >= 0.6 is 0 Å². The maximum Gasteiger partial charge on any atom is 0.486 e. The molecule has 7 heteroatoms. The minimum atomic E-state index is -0.305. The van der Waals surface area contributed by atoms with E-state index >= 15 is 0 Å².